The Bertz CT molecular complexity index is 1490. The molecule has 1 aliphatic heterocycles. The molecule has 7 nitrogen and oxygen atoms in total. The van der Waals surface area contributed by atoms with Gasteiger partial charge in [-0.05, 0) is 42.5 Å². The van der Waals surface area contributed by atoms with Gasteiger partial charge in [-0.2, -0.15) is 0 Å². The number of aromatic nitrogens is 1. The maximum absolute atomic E-state index is 14.2. The van der Waals surface area contributed by atoms with E-state index in [0.717, 1.165) is 24.3 Å². The van der Waals surface area contributed by atoms with Crippen LogP contribution in [-0.4, -0.2) is 27.8 Å². The summed E-state index contributed by atoms with van der Waals surface area (Å²) in [6, 6.07) is 11.0. The number of rotatable bonds is 2. The Kier molecular flexibility index (Phi) is 3.94. The Labute approximate surface area is 171 Å². The van der Waals surface area contributed by atoms with E-state index in [9.17, 15) is 28.0 Å². The Hall–Kier alpha value is -4.40. The van der Waals surface area contributed by atoms with E-state index in [2.05, 4.69) is 4.98 Å². The van der Waals surface area contributed by atoms with Crippen molar-refractivity contribution in [3.8, 4) is 0 Å². The molecule has 0 aliphatic carbocycles. The molecule has 4 aromatic rings. The number of nitrogens with one attached hydrogen (secondary N) is 1. The first-order valence-electron chi connectivity index (χ1n) is 9.00. The highest BCUT2D eigenvalue weighted by molar-refractivity contribution is 6.21. The van der Waals surface area contributed by atoms with Crippen LogP contribution in [0, 0.1) is 11.6 Å². The van der Waals surface area contributed by atoms with Gasteiger partial charge in [0.05, 0.1) is 22.2 Å². The molecule has 1 aliphatic rings. The molecular formula is C22H10F2N2O5. The standard InChI is InChI=1S/C22H10F2N2O5/c23-10-5-6-17-14(7-10)19(27)15-8-11(24)9-16(18(15)25-17)22(30)31-26-20(28)12-3-1-2-4-13(12)21(26)29/h1-9H,(H,25,27). The number of H-pyrrole nitrogens is 1. The smallest absolute Gasteiger partial charge is 0.354 e. The fraction of sp³-hybridized carbons (Fsp3) is 0. The number of pyridine rings is 1. The van der Waals surface area contributed by atoms with Crippen molar-refractivity contribution in [2.24, 2.45) is 0 Å². The number of hydrogen-bond acceptors (Lipinski definition) is 5. The molecule has 0 unspecified atom stereocenters. The molecule has 1 N–H and O–H groups in total. The molecule has 0 radical (unpaired) electrons. The van der Waals surface area contributed by atoms with Crippen LogP contribution in [0.15, 0.2) is 59.4 Å². The van der Waals surface area contributed by atoms with E-state index in [-0.39, 0.29) is 38.0 Å². The summed E-state index contributed by atoms with van der Waals surface area (Å²) in [7, 11) is 0. The second-order valence-corrected chi connectivity index (χ2v) is 6.85. The monoisotopic (exact) mass is 420 g/mol. The molecule has 3 aromatic carbocycles. The van der Waals surface area contributed by atoms with Crippen LogP contribution in [0.3, 0.4) is 0 Å². The Morgan fingerprint density at radius 1 is 0.839 bits per heavy atom. The van der Waals surface area contributed by atoms with E-state index in [0.29, 0.717) is 0 Å². The van der Waals surface area contributed by atoms with Gasteiger partial charge in [0.15, 0.2) is 5.43 Å². The molecule has 0 saturated carbocycles. The fourth-order valence-electron chi connectivity index (χ4n) is 3.56. The Morgan fingerprint density at radius 2 is 1.48 bits per heavy atom. The van der Waals surface area contributed by atoms with Crippen molar-refractivity contribution in [1.82, 2.24) is 10.0 Å². The first-order chi connectivity index (χ1) is 14.8. The third-order valence-corrected chi connectivity index (χ3v) is 4.98. The summed E-state index contributed by atoms with van der Waals surface area (Å²) in [5.41, 5.74) is -0.850. The highest BCUT2D eigenvalue weighted by atomic mass is 19.1. The third kappa shape index (κ3) is 2.78. The van der Waals surface area contributed by atoms with E-state index in [1.807, 2.05) is 0 Å². The van der Waals surface area contributed by atoms with Crippen LogP contribution in [0.4, 0.5) is 8.78 Å². The summed E-state index contributed by atoms with van der Waals surface area (Å²) in [6.45, 7) is 0. The number of amides is 2. The van der Waals surface area contributed by atoms with E-state index >= 15 is 0 Å². The molecule has 0 fully saturated rings. The van der Waals surface area contributed by atoms with Gasteiger partial charge in [-0.1, -0.05) is 17.2 Å². The number of carbonyl (C=O) groups excluding carboxylic acids is 3. The number of benzene rings is 3. The van der Waals surface area contributed by atoms with Crippen LogP contribution in [-0.2, 0) is 4.84 Å². The number of carbonyl (C=O) groups is 3. The average molecular weight is 420 g/mol. The summed E-state index contributed by atoms with van der Waals surface area (Å²) in [4.78, 5) is 58.2. The van der Waals surface area contributed by atoms with Gasteiger partial charge >= 0.3 is 5.97 Å². The second kappa shape index (κ2) is 6.56. The number of fused-ring (bicyclic) bond motifs is 3. The van der Waals surface area contributed by atoms with Crippen molar-refractivity contribution in [2.75, 3.05) is 0 Å². The molecule has 2 heterocycles. The van der Waals surface area contributed by atoms with Gasteiger partial charge in [0.25, 0.3) is 11.8 Å². The number of imide groups is 1. The van der Waals surface area contributed by atoms with Crippen molar-refractivity contribution >= 4 is 39.6 Å². The number of hydroxylamine groups is 2. The summed E-state index contributed by atoms with van der Waals surface area (Å²) < 4.78 is 27.8. The normalized spacial score (nSPS) is 13.2. The van der Waals surface area contributed by atoms with Crippen molar-refractivity contribution in [3.05, 3.63) is 93.1 Å². The van der Waals surface area contributed by atoms with Crippen molar-refractivity contribution in [3.63, 3.8) is 0 Å². The van der Waals surface area contributed by atoms with Crippen LogP contribution in [0.2, 0.25) is 0 Å². The zero-order valence-corrected chi connectivity index (χ0v) is 15.4. The van der Waals surface area contributed by atoms with E-state index in [4.69, 9.17) is 4.84 Å². The summed E-state index contributed by atoms with van der Waals surface area (Å²) in [5.74, 6) is -4.49. The molecule has 0 spiro atoms. The van der Waals surface area contributed by atoms with E-state index in [1.54, 1.807) is 12.1 Å². The predicted octanol–water partition coefficient (Wildman–Crippen LogP) is 3.33. The number of aromatic amines is 1. The third-order valence-electron chi connectivity index (χ3n) is 4.98. The SMILES string of the molecule is O=C(ON1C(=O)c2ccccc2C1=O)c1cc(F)cc2c(=O)c3cc(F)ccc3[nH]c12. The molecule has 9 heteroatoms. The lowest BCUT2D eigenvalue weighted by Crippen LogP contribution is -2.32. The molecule has 1 aromatic heterocycles. The minimum absolute atomic E-state index is 0.0298. The van der Waals surface area contributed by atoms with Crippen LogP contribution in [0.5, 0.6) is 0 Å². The lowest BCUT2D eigenvalue weighted by atomic mass is 10.1. The molecule has 0 saturated heterocycles. The Morgan fingerprint density at radius 3 is 2.16 bits per heavy atom. The van der Waals surface area contributed by atoms with Gasteiger partial charge in [0.1, 0.15) is 11.6 Å². The number of halogens is 2. The zero-order valence-electron chi connectivity index (χ0n) is 15.4. The summed E-state index contributed by atoms with van der Waals surface area (Å²) >= 11 is 0. The largest absolute Gasteiger partial charge is 0.366 e. The highest BCUT2D eigenvalue weighted by Crippen LogP contribution is 2.25. The molecule has 152 valence electrons. The Balaban J connectivity index is 1.62. The quantitative estimate of drug-likeness (QED) is 0.396. The van der Waals surface area contributed by atoms with Crippen molar-refractivity contribution in [1.29, 1.82) is 0 Å². The summed E-state index contributed by atoms with van der Waals surface area (Å²) in [6.07, 6.45) is 0. The number of nitrogens with zero attached hydrogens (tertiary/aromatic N) is 1. The summed E-state index contributed by atoms with van der Waals surface area (Å²) in [5, 5.41) is 0.0447. The van der Waals surface area contributed by atoms with Gasteiger partial charge in [-0.15, -0.1) is 0 Å². The zero-order chi connectivity index (χ0) is 21.9. The van der Waals surface area contributed by atoms with Gasteiger partial charge in [-0.25, -0.2) is 13.6 Å². The maximum atomic E-state index is 14.2. The van der Waals surface area contributed by atoms with Crippen LogP contribution in [0.25, 0.3) is 21.8 Å². The topological polar surface area (TPSA) is 96.5 Å². The first-order valence-corrected chi connectivity index (χ1v) is 9.00. The molecule has 2 amide bonds. The van der Waals surface area contributed by atoms with Gasteiger partial charge in [0.2, 0.25) is 0 Å². The van der Waals surface area contributed by atoms with Gasteiger partial charge in [0, 0.05) is 16.3 Å². The van der Waals surface area contributed by atoms with Crippen LogP contribution < -0.4 is 5.43 Å². The van der Waals surface area contributed by atoms with Gasteiger partial charge < -0.3 is 9.82 Å². The minimum atomic E-state index is -1.23. The van der Waals surface area contributed by atoms with E-state index < -0.39 is 40.4 Å². The maximum Gasteiger partial charge on any atom is 0.366 e. The minimum Gasteiger partial charge on any atom is -0.354 e. The van der Waals surface area contributed by atoms with Crippen LogP contribution in [0.1, 0.15) is 31.1 Å². The van der Waals surface area contributed by atoms with E-state index in [1.165, 1.54) is 18.2 Å². The first kappa shape index (κ1) is 18.6. The predicted molar refractivity (Wildman–Crippen MR) is 104 cm³/mol. The van der Waals surface area contributed by atoms with Crippen LogP contribution >= 0.6 is 0 Å². The van der Waals surface area contributed by atoms with Crippen molar-refractivity contribution < 1.29 is 28.0 Å². The second-order valence-electron chi connectivity index (χ2n) is 6.85. The number of hydrogen-bond donors (Lipinski definition) is 1. The molecule has 0 atom stereocenters. The van der Waals surface area contributed by atoms with Gasteiger partial charge in [-0.3, -0.25) is 14.4 Å². The molecular weight excluding hydrogens is 410 g/mol. The average Bonchev–Trinajstić information content (AvgIpc) is 2.99. The lowest BCUT2D eigenvalue weighted by Gasteiger charge is -2.14. The van der Waals surface area contributed by atoms with Crippen molar-refractivity contribution in [2.45, 2.75) is 0 Å². The molecule has 5 rings (SSSR count). The lowest BCUT2D eigenvalue weighted by molar-refractivity contribution is -0.0583. The molecule has 0 bridgehead atoms. The highest BCUT2D eigenvalue weighted by Gasteiger charge is 2.39. The fourth-order valence-corrected chi connectivity index (χ4v) is 3.56. The molecule has 31 heavy (non-hydrogen) atoms.